The Morgan fingerprint density at radius 1 is 1.18 bits per heavy atom. The van der Waals surface area contributed by atoms with Crippen LogP contribution < -0.4 is 19.5 Å². The summed E-state index contributed by atoms with van der Waals surface area (Å²) in [6.45, 7) is 4.67. The highest BCUT2D eigenvalue weighted by atomic mass is 16.5. The molecule has 0 aliphatic rings. The molecule has 2 aromatic rings. The topological polar surface area (TPSA) is 83.3 Å². The summed E-state index contributed by atoms with van der Waals surface area (Å²) >= 11 is 0. The number of nitrogens with zero attached hydrogens (tertiary/aromatic N) is 4. The Hall–Kier alpha value is -2.77. The lowest BCUT2D eigenvalue weighted by Crippen LogP contribution is -2.09. The van der Waals surface area contributed by atoms with Gasteiger partial charge in [-0.05, 0) is 22.6 Å². The summed E-state index contributed by atoms with van der Waals surface area (Å²) in [5, 5.41) is 14.6. The van der Waals surface area contributed by atoms with Crippen molar-refractivity contribution in [3.8, 4) is 17.2 Å². The molecule has 0 amide bonds. The number of methoxy groups -OCH3 is 3. The van der Waals surface area contributed by atoms with E-state index in [0.717, 1.165) is 5.56 Å². The molecule has 0 saturated carbocycles. The lowest BCUT2D eigenvalue weighted by atomic mass is 10.1. The Morgan fingerprint density at radius 2 is 1.95 bits per heavy atom. The van der Waals surface area contributed by atoms with Crippen LogP contribution in [0.5, 0.6) is 17.2 Å². The van der Waals surface area contributed by atoms with E-state index in [1.54, 1.807) is 32.1 Å². The molecule has 8 heteroatoms. The van der Waals surface area contributed by atoms with Crippen LogP contribution in [0.15, 0.2) is 24.8 Å². The first-order valence-electron chi connectivity index (χ1n) is 6.63. The molecule has 1 aromatic carbocycles. The minimum Gasteiger partial charge on any atom is -0.493 e. The van der Waals surface area contributed by atoms with Crippen molar-refractivity contribution < 1.29 is 14.2 Å². The molecular weight excluding hydrogens is 286 g/mol. The van der Waals surface area contributed by atoms with Crippen LogP contribution in [0.4, 0.5) is 5.95 Å². The second-order valence-electron chi connectivity index (χ2n) is 4.32. The smallest absolute Gasteiger partial charge is 0.243 e. The third-order valence-electron chi connectivity index (χ3n) is 3.06. The first-order valence-corrected chi connectivity index (χ1v) is 6.63. The van der Waals surface area contributed by atoms with E-state index in [-0.39, 0.29) is 0 Å². The van der Waals surface area contributed by atoms with Gasteiger partial charge in [0.1, 0.15) is 0 Å². The molecule has 0 aliphatic heterocycles. The van der Waals surface area contributed by atoms with Gasteiger partial charge in [-0.15, -0.1) is 6.58 Å². The van der Waals surface area contributed by atoms with E-state index in [2.05, 4.69) is 27.4 Å². The number of hydrogen-bond acceptors (Lipinski definition) is 7. The SMILES string of the molecule is C=CCn1nnnc1NCc1ccc(OC)c(OC)c1OC. The van der Waals surface area contributed by atoms with Crippen molar-refractivity contribution >= 4 is 5.95 Å². The van der Waals surface area contributed by atoms with Gasteiger partial charge in [0.2, 0.25) is 11.7 Å². The van der Waals surface area contributed by atoms with E-state index in [0.29, 0.717) is 36.3 Å². The summed E-state index contributed by atoms with van der Waals surface area (Å²) in [7, 11) is 4.74. The van der Waals surface area contributed by atoms with Crippen molar-refractivity contribution in [2.75, 3.05) is 26.6 Å². The summed E-state index contributed by atoms with van der Waals surface area (Å²) in [5.41, 5.74) is 0.897. The van der Waals surface area contributed by atoms with Crippen molar-refractivity contribution in [3.05, 3.63) is 30.4 Å². The van der Waals surface area contributed by atoms with Gasteiger partial charge in [0.15, 0.2) is 11.5 Å². The monoisotopic (exact) mass is 305 g/mol. The number of ether oxygens (including phenoxy) is 3. The van der Waals surface area contributed by atoms with Gasteiger partial charge in [0.05, 0.1) is 27.9 Å². The van der Waals surface area contributed by atoms with Gasteiger partial charge in [-0.2, -0.15) is 0 Å². The van der Waals surface area contributed by atoms with Gasteiger partial charge in [-0.1, -0.05) is 11.2 Å². The average molecular weight is 305 g/mol. The molecule has 0 bridgehead atoms. The zero-order valence-electron chi connectivity index (χ0n) is 12.9. The molecule has 0 fully saturated rings. The minimum atomic E-state index is 0.473. The second kappa shape index (κ2) is 7.30. The Bertz CT molecular complexity index is 641. The average Bonchev–Trinajstić information content (AvgIpc) is 2.99. The first kappa shape index (κ1) is 15.6. The molecule has 0 atom stereocenters. The third kappa shape index (κ3) is 3.11. The maximum Gasteiger partial charge on any atom is 0.243 e. The van der Waals surface area contributed by atoms with Crippen LogP contribution in [0.3, 0.4) is 0 Å². The maximum absolute atomic E-state index is 5.44. The molecule has 1 aromatic heterocycles. The lowest BCUT2D eigenvalue weighted by molar-refractivity contribution is 0.322. The summed E-state index contributed by atoms with van der Waals surface area (Å²) in [6.07, 6.45) is 1.72. The number of aromatic nitrogens is 4. The van der Waals surface area contributed by atoms with E-state index in [1.165, 1.54) is 0 Å². The largest absolute Gasteiger partial charge is 0.493 e. The highest BCUT2D eigenvalue weighted by Gasteiger charge is 2.16. The molecule has 0 unspecified atom stereocenters. The molecule has 1 heterocycles. The standard InChI is InChI=1S/C14H19N5O3/c1-5-8-19-14(16-17-18-19)15-9-10-6-7-11(20-2)13(22-4)12(10)21-3/h5-7H,1,8-9H2,2-4H3,(H,15,16,18). The third-order valence-corrected chi connectivity index (χ3v) is 3.06. The fourth-order valence-electron chi connectivity index (χ4n) is 2.05. The number of rotatable bonds is 8. The lowest BCUT2D eigenvalue weighted by Gasteiger charge is -2.16. The fraction of sp³-hybridized carbons (Fsp3) is 0.357. The summed E-state index contributed by atoms with van der Waals surface area (Å²) < 4.78 is 17.7. The Labute approximate surface area is 128 Å². The summed E-state index contributed by atoms with van der Waals surface area (Å²) in [6, 6.07) is 3.72. The van der Waals surface area contributed by atoms with E-state index >= 15 is 0 Å². The molecule has 0 spiro atoms. The van der Waals surface area contributed by atoms with Gasteiger partial charge in [-0.25, -0.2) is 4.68 Å². The number of tetrazole rings is 1. The molecule has 22 heavy (non-hydrogen) atoms. The molecular formula is C14H19N5O3. The summed E-state index contributed by atoms with van der Waals surface area (Å²) in [5.74, 6) is 2.32. The maximum atomic E-state index is 5.44. The van der Waals surface area contributed by atoms with Crippen LogP contribution in [-0.2, 0) is 13.1 Å². The second-order valence-corrected chi connectivity index (χ2v) is 4.32. The van der Waals surface area contributed by atoms with Crippen LogP contribution in [-0.4, -0.2) is 41.5 Å². The van der Waals surface area contributed by atoms with Gasteiger partial charge in [0.25, 0.3) is 0 Å². The highest BCUT2D eigenvalue weighted by molar-refractivity contribution is 5.56. The van der Waals surface area contributed by atoms with Crippen molar-refractivity contribution in [1.29, 1.82) is 0 Å². The molecule has 0 aliphatic carbocycles. The number of anilines is 1. The van der Waals surface area contributed by atoms with Crippen LogP contribution >= 0.6 is 0 Å². The van der Waals surface area contributed by atoms with E-state index in [4.69, 9.17) is 14.2 Å². The molecule has 2 rings (SSSR count). The molecule has 1 N–H and O–H groups in total. The zero-order chi connectivity index (χ0) is 15.9. The van der Waals surface area contributed by atoms with Crippen LogP contribution in [0, 0.1) is 0 Å². The van der Waals surface area contributed by atoms with Gasteiger partial charge >= 0.3 is 0 Å². The predicted octanol–water partition coefficient (Wildman–Crippen LogP) is 1.50. The Morgan fingerprint density at radius 3 is 2.59 bits per heavy atom. The summed E-state index contributed by atoms with van der Waals surface area (Å²) in [4.78, 5) is 0. The number of allylic oxidation sites excluding steroid dienone is 1. The van der Waals surface area contributed by atoms with Gasteiger partial charge in [-0.3, -0.25) is 0 Å². The van der Waals surface area contributed by atoms with Crippen LogP contribution in [0.2, 0.25) is 0 Å². The van der Waals surface area contributed by atoms with Gasteiger partial charge < -0.3 is 19.5 Å². The Balaban J connectivity index is 2.22. The highest BCUT2D eigenvalue weighted by Crippen LogP contribution is 2.39. The van der Waals surface area contributed by atoms with E-state index in [1.807, 2.05) is 12.1 Å². The number of nitrogens with one attached hydrogen (secondary N) is 1. The van der Waals surface area contributed by atoms with E-state index < -0.39 is 0 Å². The normalized spacial score (nSPS) is 10.1. The molecule has 0 radical (unpaired) electrons. The number of hydrogen-bond donors (Lipinski definition) is 1. The van der Waals surface area contributed by atoms with Crippen molar-refractivity contribution in [1.82, 2.24) is 20.2 Å². The van der Waals surface area contributed by atoms with Crippen molar-refractivity contribution in [2.45, 2.75) is 13.1 Å². The van der Waals surface area contributed by atoms with Crippen molar-refractivity contribution in [3.63, 3.8) is 0 Å². The molecule has 118 valence electrons. The fourth-order valence-corrected chi connectivity index (χ4v) is 2.05. The Kier molecular flexibility index (Phi) is 5.18. The van der Waals surface area contributed by atoms with Gasteiger partial charge in [0, 0.05) is 12.1 Å². The van der Waals surface area contributed by atoms with Crippen LogP contribution in [0.25, 0.3) is 0 Å². The molecule has 0 saturated heterocycles. The first-order chi connectivity index (χ1) is 10.7. The van der Waals surface area contributed by atoms with Crippen molar-refractivity contribution in [2.24, 2.45) is 0 Å². The molecule has 8 nitrogen and oxygen atoms in total. The van der Waals surface area contributed by atoms with E-state index in [9.17, 15) is 0 Å². The zero-order valence-corrected chi connectivity index (χ0v) is 12.9. The minimum absolute atomic E-state index is 0.473. The van der Waals surface area contributed by atoms with Crippen LogP contribution in [0.1, 0.15) is 5.56 Å². The number of benzene rings is 1. The predicted molar refractivity (Wildman–Crippen MR) is 81.4 cm³/mol. The quantitative estimate of drug-likeness (QED) is 0.740.